The molecule has 2 aromatic rings. The maximum atomic E-state index is 5.23. The van der Waals surface area contributed by atoms with Gasteiger partial charge in [-0.05, 0) is 34.2 Å². The number of nitrogens with two attached hydrogens (primary N) is 2. The lowest BCUT2D eigenvalue weighted by Gasteiger charge is -2.07. The Morgan fingerprint density at radius 3 is 2.33 bits per heavy atom. The van der Waals surface area contributed by atoms with E-state index in [1.807, 2.05) is 12.1 Å². The Morgan fingerprint density at radius 1 is 1.00 bits per heavy atom. The van der Waals surface area contributed by atoms with Gasteiger partial charge in [-0.3, -0.25) is 0 Å². The third-order valence-electron chi connectivity index (χ3n) is 3.18. The van der Waals surface area contributed by atoms with E-state index in [1.165, 1.54) is 11.1 Å². The summed E-state index contributed by atoms with van der Waals surface area (Å²) in [5.41, 5.74) is 15.1. The van der Waals surface area contributed by atoms with Crippen LogP contribution in [0.3, 0.4) is 0 Å². The molecule has 0 aliphatic carbocycles. The minimum absolute atomic E-state index is 0.0494. The molecule has 2 rings (SSSR count). The van der Waals surface area contributed by atoms with Crippen LogP contribution in [0.25, 0.3) is 11.1 Å². The molecule has 0 amide bonds. The zero-order valence-corrected chi connectivity index (χ0v) is 12.3. The topological polar surface area (TPSA) is 76.8 Å². The molecule has 0 saturated heterocycles. The molecule has 0 aliphatic rings. The van der Waals surface area contributed by atoms with E-state index in [1.54, 1.807) is 6.21 Å². The fourth-order valence-corrected chi connectivity index (χ4v) is 2.02. The van der Waals surface area contributed by atoms with Crippen LogP contribution >= 0.6 is 0 Å². The standard InChI is InChI=1S/C17H20N4/c1-12(2)14-6-8-15(9-7-14)16-5-3-4-13(10-16)11-20-21-17(18)19/h3-12H,1-2H3,(H4,18,19,21)/b20-11-. The molecule has 0 saturated carbocycles. The number of hydrogen-bond acceptors (Lipinski definition) is 2. The molecule has 4 nitrogen and oxygen atoms in total. The molecule has 2 aromatic carbocycles. The van der Waals surface area contributed by atoms with Crippen molar-refractivity contribution >= 4 is 12.2 Å². The normalized spacial score (nSPS) is 11.0. The van der Waals surface area contributed by atoms with Gasteiger partial charge in [0, 0.05) is 0 Å². The van der Waals surface area contributed by atoms with E-state index >= 15 is 0 Å². The third-order valence-corrected chi connectivity index (χ3v) is 3.18. The second-order valence-corrected chi connectivity index (χ2v) is 5.17. The highest BCUT2D eigenvalue weighted by Crippen LogP contribution is 2.23. The van der Waals surface area contributed by atoms with E-state index in [-0.39, 0.29) is 5.96 Å². The molecular weight excluding hydrogens is 260 g/mol. The number of rotatable bonds is 4. The van der Waals surface area contributed by atoms with Crippen LogP contribution in [0.5, 0.6) is 0 Å². The highest BCUT2D eigenvalue weighted by atomic mass is 15.3. The van der Waals surface area contributed by atoms with Gasteiger partial charge >= 0.3 is 0 Å². The van der Waals surface area contributed by atoms with Crippen molar-refractivity contribution in [1.82, 2.24) is 0 Å². The Bertz CT molecular complexity index is 651. The quantitative estimate of drug-likeness (QED) is 0.513. The smallest absolute Gasteiger partial charge is 0.211 e. The summed E-state index contributed by atoms with van der Waals surface area (Å²) in [6, 6.07) is 16.7. The van der Waals surface area contributed by atoms with E-state index < -0.39 is 0 Å². The molecule has 4 N–H and O–H groups in total. The average Bonchev–Trinajstić information content (AvgIpc) is 2.47. The molecule has 108 valence electrons. The molecule has 0 heterocycles. The minimum Gasteiger partial charge on any atom is -0.369 e. The van der Waals surface area contributed by atoms with E-state index in [4.69, 9.17) is 11.5 Å². The van der Waals surface area contributed by atoms with Crippen molar-refractivity contribution in [3.8, 4) is 11.1 Å². The minimum atomic E-state index is -0.0494. The summed E-state index contributed by atoms with van der Waals surface area (Å²) in [4.78, 5) is 0. The van der Waals surface area contributed by atoms with Crippen molar-refractivity contribution in [2.75, 3.05) is 0 Å². The Hall–Kier alpha value is -2.62. The Labute approximate surface area is 125 Å². The zero-order chi connectivity index (χ0) is 15.2. The first-order valence-electron chi connectivity index (χ1n) is 6.88. The van der Waals surface area contributed by atoms with Gasteiger partial charge < -0.3 is 11.5 Å². The first-order valence-corrected chi connectivity index (χ1v) is 6.88. The Balaban J connectivity index is 2.24. The molecule has 0 unspecified atom stereocenters. The van der Waals surface area contributed by atoms with Crippen LogP contribution < -0.4 is 11.5 Å². The van der Waals surface area contributed by atoms with Crippen LogP contribution in [0.4, 0.5) is 0 Å². The molecule has 0 fully saturated rings. The fourth-order valence-electron chi connectivity index (χ4n) is 2.02. The van der Waals surface area contributed by atoms with Crippen molar-refractivity contribution in [2.24, 2.45) is 21.7 Å². The molecule has 0 atom stereocenters. The van der Waals surface area contributed by atoms with Crippen LogP contribution in [0.15, 0.2) is 58.7 Å². The summed E-state index contributed by atoms with van der Waals surface area (Å²) < 4.78 is 0. The van der Waals surface area contributed by atoms with Gasteiger partial charge in [-0.2, -0.15) is 5.10 Å². The van der Waals surface area contributed by atoms with Gasteiger partial charge in [-0.1, -0.05) is 56.3 Å². The monoisotopic (exact) mass is 280 g/mol. The fraction of sp³-hybridized carbons (Fsp3) is 0.176. The van der Waals surface area contributed by atoms with E-state index in [2.05, 4.69) is 60.4 Å². The average molecular weight is 280 g/mol. The van der Waals surface area contributed by atoms with Crippen molar-refractivity contribution in [3.63, 3.8) is 0 Å². The number of guanidine groups is 1. The molecule has 0 aromatic heterocycles. The first kappa shape index (κ1) is 14.8. The molecule has 0 bridgehead atoms. The van der Waals surface area contributed by atoms with E-state index in [9.17, 15) is 0 Å². The summed E-state index contributed by atoms with van der Waals surface area (Å²) in [5.74, 6) is 0.490. The molecule has 0 spiro atoms. The van der Waals surface area contributed by atoms with Gasteiger partial charge in [0.2, 0.25) is 5.96 Å². The molecule has 21 heavy (non-hydrogen) atoms. The van der Waals surface area contributed by atoms with Crippen molar-refractivity contribution < 1.29 is 0 Å². The second-order valence-electron chi connectivity index (χ2n) is 5.17. The van der Waals surface area contributed by atoms with E-state index in [0.717, 1.165) is 11.1 Å². The molecule has 4 heteroatoms. The van der Waals surface area contributed by atoms with Gasteiger partial charge in [-0.15, -0.1) is 5.10 Å². The van der Waals surface area contributed by atoms with E-state index in [0.29, 0.717) is 5.92 Å². The predicted molar refractivity (Wildman–Crippen MR) is 89.4 cm³/mol. The van der Waals surface area contributed by atoms with Gasteiger partial charge in [-0.25, -0.2) is 0 Å². The lowest BCUT2D eigenvalue weighted by atomic mass is 9.98. The first-order chi connectivity index (χ1) is 10.1. The Morgan fingerprint density at radius 2 is 1.71 bits per heavy atom. The summed E-state index contributed by atoms with van der Waals surface area (Å²) in [5, 5.41) is 7.42. The van der Waals surface area contributed by atoms with Crippen molar-refractivity contribution in [3.05, 3.63) is 59.7 Å². The third kappa shape index (κ3) is 4.18. The van der Waals surface area contributed by atoms with Gasteiger partial charge in [0.15, 0.2) is 0 Å². The number of hydrogen-bond donors (Lipinski definition) is 2. The van der Waals surface area contributed by atoms with Gasteiger partial charge in [0.05, 0.1) is 6.21 Å². The summed E-state index contributed by atoms with van der Waals surface area (Å²) in [6.45, 7) is 4.38. The highest BCUT2D eigenvalue weighted by Gasteiger charge is 2.01. The van der Waals surface area contributed by atoms with Crippen LogP contribution in [0, 0.1) is 0 Å². The van der Waals surface area contributed by atoms with Crippen molar-refractivity contribution in [1.29, 1.82) is 0 Å². The zero-order valence-electron chi connectivity index (χ0n) is 12.3. The van der Waals surface area contributed by atoms with Crippen LogP contribution in [0.2, 0.25) is 0 Å². The molecule has 0 aliphatic heterocycles. The Kier molecular flexibility index (Phi) is 4.72. The maximum Gasteiger partial charge on any atom is 0.211 e. The molecular formula is C17H20N4. The van der Waals surface area contributed by atoms with Crippen LogP contribution in [-0.2, 0) is 0 Å². The van der Waals surface area contributed by atoms with Crippen molar-refractivity contribution in [2.45, 2.75) is 19.8 Å². The number of benzene rings is 2. The molecule has 0 radical (unpaired) electrons. The summed E-state index contributed by atoms with van der Waals surface area (Å²) >= 11 is 0. The lowest BCUT2D eigenvalue weighted by molar-refractivity contribution is 0.867. The SMILES string of the molecule is CC(C)c1ccc(-c2cccc(/C=N\N=C(N)N)c2)cc1. The maximum absolute atomic E-state index is 5.23. The predicted octanol–water partition coefficient (Wildman–Crippen LogP) is 3.08. The second kappa shape index (κ2) is 6.70. The van der Waals surface area contributed by atoms with Gasteiger partial charge in [0.25, 0.3) is 0 Å². The summed E-state index contributed by atoms with van der Waals surface area (Å²) in [6.07, 6.45) is 1.63. The van der Waals surface area contributed by atoms with Crippen LogP contribution in [-0.4, -0.2) is 12.2 Å². The van der Waals surface area contributed by atoms with Crippen LogP contribution in [0.1, 0.15) is 30.9 Å². The van der Waals surface area contributed by atoms with Gasteiger partial charge in [0.1, 0.15) is 0 Å². The summed E-state index contributed by atoms with van der Waals surface area (Å²) in [7, 11) is 0. The highest BCUT2D eigenvalue weighted by molar-refractivity contribution is 5.83. The number of nitrogens with zero attached hydrogens (tertiary/aromatic N) is 2. The largest absolute Gasteiger partial charge is 0.369 e. The lowest BCUT2D eigenvalue weighted by Crippen LogP contribution is -2.21.